The summed E-state index contributed by atoms with van der Waals surface area (Å²) in [5.74, 6) is 0.119. The fourth-order valence-corrected chi connectivity index (χ4v) is 4.24. The van der Waals surface area contributed by atoms with Crippen LogP contribution in [0, 0.1) is 11.7 Å². The van der Waals surface area contributed by atoms with Gasteiger partial charge in [-0.15, -0.1) is 0 Å². The van der Waals surface area contributed by atoms with Gasteiger partial charge in [-0.2, -0.15) is 0 Å². The monoisotopic (exact) mass is 414 g/mol. The Kier molecular flexibility index (Phi) is 5.85. The first-order valence-electron chi connectivity index (χ1n) is 10.4. The Labute approximate surface area is 175 Å². The number of hydrogen-bond donors (Lipinski definition) is 0. The van der Waals surface area contributed by atoms with Gasteiger partial charge in [-0.05, 0) is 57.7 Å². The maximum Gasteiger partial charge on any atom is 0.228 e. The van der Waals surface area contributed by atoms with Gasteiger partial charge in [-0.25, -0.2) is 4.39 Å². The summed E-state index contributed by atoms with van der Waals surface area (Å²) in [6, 6.07) is 6.12. The number of benzene rings is 1. The van der Waals surface area contributed by atoms with E-state index in [9.17, 15) is 14.0 Å². The summed E-state index contributed by atoms with van der Waals surface area (Å²) in [7, 11) is 4.02. The molecule has 2 aliphatic heterocycles. The highest BCUT2D eigenvalue weighted by Gasteiger charge is 2.38. The first-order valence-corrected chi connectivity index (χ1v) is 10.4. The molecule has 8 heteroatoms. The van der Waals surface area contributed by atoms with Crippen LogP contribution >= 0.6 is 0 Å². The molecule has 1 atom stereocenters. The minimum absolute atomic E-state index is 0.00967. The molecule has 4 rings (SSSR count). The van der Waals surface area contributed by atoms with E-state index in [0.717, 1.165) is 29.8 Å². The molecular weight excluding hydrogens is 387 g/mol. The standard InChI is InChI=1S/C22H27FN4O3/c1-25(2)9-3-10-26-13-16(12-20(26)28)22(29)27-11-8-18-19(14-27)24-30-21(18)15-4-6-17(23)7-5-15/h4-7,16H,3,8-14H2,1-2H3. The van der Waals surface area contributed by atoms with Crippen molar-refractivity contribution in [3.63, 3.8) is 0 Å². The lowest BCUT2D eigenvalue weighted by molar-refractivity contribution is -0.136. The molecule has 1 aromatic heterocycles. The van der Waals surface area contributed by atoms with E-state index in [4.69, 9.17) is 4.52 Å². The average Bonchev–Trinajstić information content (AvgIpc) is 3.31. The number of carbonyl (C=O) groups is 2. The van der Waals surface area contributed by atoms with Crippen LogP contribution in [0.4, 0.5) is 4.39 Å². The Balaban J connectivity index is 1.38. The number of rotatable bonds is 6. The molecule has 1 aromatic carbocycles. The van der Waals surface area contributed by atoms with E-state index >= 15 is 0 Å². The van der Waals surface area contributed by atoms with Crippen molar-refractivity contribution in [1.29, 1.82) is 0 Å². The molecule has 30 heavy (non-hydrogen) atoms. The Bertz CT molecular complexity index is 925. The van der Waals surface area contributed by atoms with E-state index in [1.165, 1.54) is 12.1 Å². The van der Waals surface area contributed by atoms with Gasteiger partial charge < -0.3 is 19.2 Å². The van der Waals surface area contributed by atoms with Gasteiger partial charge in [0.1, 0.15) is 11.5 Å². The molecular formula is C22H27FN4O3. The molecule has 0 bridgehead atoms. The molecule has 3 heterocycles. The number of halogens is 1. The number of fused-ring (bicyclic) bond motifs is 1. The molecule has 1 unspecified atom stereocenters. The van der Waals surface area contributed by atoms with Crippen molar-refractivity contribution in [2.45, 2.75) is 25.8 Å². The van der Waals surface area contributed by atoms with Gasteiger partial charge in [-0.3, -0.25) is 9.59 Å². The van der Waals surface area contributed by atoms with Gasteiger partial charge in [-0.1, -0.05) is 5.16 Å². The quantitative estimate of drug-likeness (QED) is 0.725. The Morgan fingerprint density at radius 2 is 2.07 bits per heavy atom. The van der Waals surface area contributed by atoms with E-state index in [1.807, 2.05) is 19.0 Å². The molecule has 7 nitrogen and oxygen atoms in total. The maximum atomic E-state index is 13.2. The Morgan fingerprint density at radius 3 is 2.80 bits per heavy atom. The summed E-state index contributed by atoms with van der Waals surface area (Å²) in [6.45, 7) is 3.04. The predicted octanol–water partition coefficient (Wildman–Crippen LogP) is 2.17. The first kappa shape index (κ1) is 20.5. The number of carbonyl (C=O) groups excluding carboxylic acids is 2. The molecule has 1 saturated heterocycles. The molecule has 1 fully saturated rings. The Morgan fingerprint density at radius 1 is 1.30 bits per heavy atom. The van der Waals surface area contributed by atoms with Crippen LogP contribution in [-0.2, 0) is 22.6 Å². The van der Waals surface area contributed by atoms with Crippen LogP contribution < -0.4 is 0 Å². The second kappa shape index (κ2) is 8.55. The lowest BCUT2D eigenvalue weighted by Gasteiger charge is -2.28. The third kappa shape index (κ3) is 4.23. The topological polar surface area (TPSA) is 69.9 Å². The van der Waals surface area contributed by atoms with E-state index in [-0.39, 0.29) is 30.0 Å². The molecule has 0 aliphatic carbocycles. The predicted molar refractivity (Wildman–Crippen MR) is 109 cm³/mol. The minimum atomic E-state index is -0.300. The molecule has 2 aliphatic rings. The molecule has 2 aromatic rings. The summed E-state index contributed by atoms with van der Waals surface area (Å²) in [5, 5.41) is 4.16. The highest BCUT2D eigenvalue weighted by atomic mass is 19.1. The summed E-state index contributed by atoms with van der Waals surface area (Å²) in [6.07, 6.45) is 1.81. The molecule has 160 valence electrons. The average molecular weight is 414 g/mol. The van der Waals surface area contributed by atoms with Crippen LogP contribution in [0.3, 0.4) is 0 Å². The van der Waals surface area contributed by atoms with Gasteiger partial charge in [0.2, 0.25) is 11.8 Å². The Hall–Kier alpha value is -2.74. The van der Waals surface area contributed by atoms with E-state index in [2.05, 4.69) is 10.1 Å². The van der Waals surface area contributed by atoms with Crippen molar-refractivity contribution in [3.8, 4) is 11.3 Å². The fourth-order valence-electron chi connectivity index (χ4n) is 4.24. The van der Waals surface area contributed by atoms with Crippen LogP contribution in [0.2, 0.25) is 0 Å². The summed E-state index contributed by atoms with van der Waals surface area (Å²) in [5.41, 5.74) is 2.49. The maximum absolute atomic E-state index is 13.2. The smallest absolute Gasteiger partial charge is 0.228 e. The number of aromatic nitrogens is 1. The number of likely N-dealkylation sites (tertiary alicyclic amines) is 1. The molecule has 0 saturated carbocycles. The molecule has 0 spiro atoms. The first-order chi connectivity index (χ1) is 14.4. The van der Waals surface area contributed by atoms with Gasteiger partial charge >= 0.3 is 0 Å². The van der Waals surface area contributed by atoms with Crippen molar-refractivity contribution in [2.24, 2.45) is 5.92 Å². The normalized spacial score (nSPS) is 18.9. The summed E-state index contributed by atoms with van der Waals surface area (Å²) >= 11 is 0. The fraction of sp³-hybridized carbons (Fsp3) is 0.500. The van der Waals surface area contributed by atoms with Crippen LogP contribution in [0.5, 0.6) is 0 Å². The van der Waals surface area contributed by atoms with Gasteiger partial charge in [0.05, 0.1) is 12.5 Å². The third-order valence-electron chi connectivity index (χ3n) is 5.86. The zero-order chi connectivity index (χ0) is 21.3. The number of amides is 2. The zero-order valence-electron chi connectivity index (χ0n) is 17.4. The summed E-state index contributed by atoms with van der Waals surface area (Å²) < 4.78 is 18.7. The zero-order valence-corrected chi connectivity index (χ0v) is 17.4. The van der Waals surface area contributed by atoms with Crippen molar-refractivity contribution in [2.75, 3.05) is 40.3 Å². The lowest BCUT2D eigenvalue weighted by Crippen LogP contribution is -2.40. The van der Waals surface area contributed by atoms with E-state index < -0.39 is 0 Å². The largest absolute Gasteiger partial charge is 0.356 e. The van der Waals surface area contributed by atoms with Crippen LogP contribution in [0.25, 0.3) is 11.3 Å². The van der Waals surface area contributed by atoms with Crippen molar-refractivity contribution < 1.29 is 18.5 Å². The van der Waals surface area contributed by atoms with E-state index in [0.29, 0.717) is 38.4 Å². The minimum Gasteiger partial charge on any atom is -0.356 e. The lowest BCUT2D eigenvalue weighted by atomic mass is 9.99. The van der Waals surface area contributed by atoms with Crippen LogP contribution in [0.15, 0.2) is 28.8 Å². The molecule has 0 radical (unpaired) electrons. The number of hydrogen-bond acceptors (Lipinski definition) is 5. The van der Waals surface area contributed by atoms with Gasteiger partial charge in [0.25, 0.3) is 0 Å². The van der Waals surface area contributed by atoms with Crippen LogP contribution in [-0.4, -0.2) is 71.9 Å². The van der Waals surface area contributed by atoms with Crippen molar-refractivity contribution in [1.82, 2.24) is 19.9 Å². The second-order valence-electron chi connectivity index (χ2n) is 8.35. The van der Waals surface area contributed by atoms with Crippen molar-refractivity contribution >= 4 is 11.8 Å². The van der Waals surface area contributed by atoms with Crippen LogP contribution in [0.1, 0.15) is 24.1 Å². The molecule has 2 amide bonds. The van der Waals surface area contributed by atoms with Crippen molar-refractivity contribution in [3.05, 3.63) is 41.3 Å². The van der Waals surface area contributed by atoms with E-state index in [1.54, 1.807) is 17.0 Å². The second-order valence-corrected chi connectivity index (χ2v) is 8.35. The van der Waals surface area contributed by atoms with Gasteiger partial charge in [0.15, 0.2) is 5.76 Å². The molecule has 0 N–H and O–H groups in total. The highest BCUT2D eigenvalue weighted by Crippen LogP contribution is 2.31. The third-order valence-corrected chi connectivity index (χ3v) is 5.86. The SMILES string of the molecule is CN(C)CCCN1CC(C(=O)N2CCc3c(noc3-c3ccc(F)cc3)C2)CC1=O. The number of nitrogens with zero attached hydrogens (tertiary/aromatic N) is 4. The summed E-state index contributed by atoms with van der Waals surface area (Å²) in [4.78, 5) is 31.0. The highest BCUT2D eigenvalue weighted by molar-refractivity contribution is 5.89. The van der Waals surface area contributed by atoms with Gasteiger partial charge in [0, 0.05) is 37.2 Å².